The van der Waals surface area contributed by atoms with Gasteiger partial charge in [-0.05, 0) is 24.6 Å². The third-order valence-corrected chi connectivity index (χ3v) is 1.88. The van der Waals surface area contributed by atoms with E-state index in [0.717, 1.165) is 0 Å². The highest BCUT2D eigenvalue weighted by Crippen LogP contribution is 2.28. The van der Waals surface area contributed by atoms with E-state index in [2.05, 4.69) is 0 Å². The second-order valence-corrected chi connectivity index (χ2v) is 2.92. The molecule has 15 heavy (non-hydrogen) atoms. The van der Waals surface area contributed by atoms with Gasteiger partial charge in [-0.25, -0.2) is 4.39 Å². The second kappa shape index (κ2) is 6.48. The van der Waals surface area contributed by atoms with Crippen molar-refractivity contribution in [2.45, 2.75) is 13.0 Å². The first-order valence-electron chi connectivity index (χ1n) is 4.46. The Morgan fingerprint density at radius 1 is 1.53 bits per heavy atom. The fraction of sp³-hybridized carbons (Fsp3) is 0.400. The first-order chi connectivity index (χ1) is 6.69. The van der Waals surface area contributed by atoms with E-state index in [1.807, 2.05) is 0 Å². The van der Waals surface area contributed by atoms with Crippen molar-refractivity contribution in [1.29, 1.82) is 0 Å². The molecule has 0 aromatic heterocycles. The van der Waals surface area contributed by atoms with E-state index < -0.39 is 12.7 Å². The Hall–Kier alpha value is -1.00. The van der Waals surface area contributed by atoms with Crippen LogP contribution in [-0.2, 0) is 0 Å². The Balaban J connectivity index is 0.00000196. The van der Waals surface area contributed by atoms with E-state index in [9.17, 15) is 9.50 Å². The Kier molecular flexibility index (Phi) is 6.05. The van der Waals surface area contributed by atoms with E-state index in [1.54, 1.807) is 19.1 Å². The van der Waals surface area contributed by atoms with E-state index in [1.165, 1.54) is 6.07 Å². The summed E-state index contributed by atoms with van der Waals surface area (Å²) in [6, 6.07) is 3.94. The number of phenols is 1. The van der Waals surface area contributed by atoms with E-state index >= 15 is 0 Å². The minimum atomic E-state index is -0.658. The topological polar surface area (TPSA) is 55.5 Å². The zero-order chi connectivity index (χ0) is 10.6. The van der Waals surface area contributed by atoms with Crippen molar-refractivity contribution >= 4 is 12.4 Å². The van der Waals surface area contributed by atoms with Crippen molar-refractivity contribution in [2.24, 2.45) is 5.73 Å². The zero-order valence-corrected chi connectivity index (χ0v) is 9.26. The van der Waals surface area contributed by atoms with Crippen LogP contribution >= 0.6 is 12.4 Å². The van der Waals surface area contributed by atoms with Crippen LogP contribution in [0.2, 0.25) is 0 Å². The van der Waals surface area contributed by atoms with E-state index in [4.69, 9.17) is 10.5 Å². The summed E-state index contributed by atoms with van der Waals surface area (Å²) in [5.74, 6) is 0.385. The second-order valence-electron chi connectivity index (χ2n) is 2.92. The van der Waals surface area contributed by atoms with Crippen molar-refractivity contribution in [2.75, 3.05) is 13.3 Å². The van der Waals surface area contributed by atoms with E-state index in [0.29, 0.717) is 17.9 Å². The fourth-order valence-corrected chi connectivity index (χ4v) is 1.12. The highest BCUT2D eigenvalue weighted by Gasteiger charge is 2.09. The van der Waals surface area contributed by atoms with Gasteiger partial charge in [0.15, 0.2) is 11.5 Å². The van der Waals surface area contributed by atoms with Crippen LogP contribution < -0.4 is 10.5 Å². The van der Waals surface area contributed by atoms with Crippen molar-refractivity contribution in [3.63, 3.8) is 0 Å². The zero-order valence-electron chi connectivity index (χ0n) is 8.44. The summed E-state index contributed by atoms with van der Waals surface area (Å²) in [7, 11) is 0. The largest absolute Gasteiger partial charge is 0.504 e. The smallest absolute Gasteiger partial charge is 0.161 e. The maximum absolute atomic E-state index is 12.3. The molecule has 0 aliphatic rings. The molecular formula is C10H15ClFNO2. The maximum Gasteiger partial charge on any atom is 0.161 e. The molecule has 1 aromatic rings. The fourth-order valence-electron chi connectivity index (χ4n) is 1.12. The van der Waals surface area contributed by atoms with Gasteiger partial charge in [-0.2, -0.15) is 0 Å². The number of halogens is 2. The Labute approximate surface area is 94.5 Å². The molecule has 0 unspecified atom stereocenters. The lowest BCUT2D eigenvalue weighted by molar-refractivity contribution is 0.317. The summed E-state index contributed by atoms with van der Waals surface area (Å²) in [5, 5.41) is 9.36. The highest BCUT2D eigenvalue weighted by atomic mass is 35.5. The third-order valence-electron chi connectivity index (χ3n) is 1.88. The number of ether oxygens (including phenoxy) is 1. The molecule has 0 fully saturated rings. The minimum Gasteiger partial charge on any atom is -0.504 e. The number of hydrogen-bond donors (Lipinski definition) is 2. The predicted octanol–water partition coefficient (Wildman–Crippen LogP) is 2.18. The molecule has 0 saturated carbocycles. The van der Waals surface area contributed by atoms with Gasteiger partial charge >= 0.3 is 0 Å². The van der Waals surface area contributed by atoms with Gasteiger partial charge in [-0.15, -0.1) is 12.4 Å². The Bertz CT molecular complexity index is 309. The molecule has 1 rings (SSSR count). The van der Waals surface area contributed by atoms with Gasteiger partial charge in [0.25, 0.3) is 0 Å². The van der Waals surface area contributed by atoms with Crippen molar-refractivity contribution in [1.82, 2.24) is 0 Å². The van der Waals surface area contributed by atoms with Crippen LogP contribution in [0, 0.1) is 0 Å². The molecule has 0 bridgehead atoms. The van der Waals surface area contributed by atoms with Crippen LogP contribution in [-0.4, -0.2) is 18.4 Å². The van der Waals surface area contributed by atoms with Crippen molar-refractivity contribution in [3.05, 3.63) is 23.8 Å². The summed E-state index contributed by atoms with van der Waals surface area (Å²) >= 11 is 0. The number of rotatable bonds is 4. The van der Waals surface area contributed by atoms with Gasteiger partial charge in [-0.1, -0.05) is 6.07 Å². The maximum atomic E-state index is 12.3. The van der Waals surface area contributed by atoms with Crippen LogP contribution in [0.3, 0.4) is 0 Å². The molecular weight excluding hydrogens is 221 g/mol. The molecule has 3 N–H and O–H groups in total. The van der Waals surface area contributed by atoms with Crippen LogP contribution in [0.5, 0.6) is 11.5 Å². The molecule has 0 heterocycles. The number of benzene rings is 1. The normalized spacial score (nSPS) is 11.7. The first-order valence-corrected chi connectivity index (χ1v) is 4.46. The lowest BCUT2D eigenvalue weighted by atomic mass is 10.1. The summed E-state index contributed by atoms with van der Waals surface area (Å²) in [4.78, 5) is 0. The lowest BCUT2D eigenvalue weighted by Gasteiger charge is -2.11. The van der Waals surface area contributed by atoms with E-state index in [-0.39, 0.29) is 18.2 Å². The molecule has 3 nitrogen and oxygen atoms in total. The van der Waals surface area contributed by atoms with Gasteiger partial charge in [0.2, 0.25) is 0 Å². The number of alkyl halides is 1. The van der Waals surface area contributed by atoms with Crippen LogP contribution in [0.1, 0.15) is 18.5 Å². The highest BCUT2D eigenvalue weighted by molar-refractivity contribution is 5.85. The first kappa shape index (κ1) is 14.0. The molecule has 1 atom stereocenters. The van der Waals surface area contributed by atoms with Crippen molar-refractivity contribution in [3.8, 4) is 11.5 Å². The van der Waals surface area contributed by atoms with Gasteiger partial charge < -0.3 is 15.6 Å². The quantitative estimate of drug-likeness (QED) is 0.841. The average molecular weight is 236 g/mol. The summed E-state index contributed by atoms with van der Waals surface area (Å²) < 4.78 is 17.4. The SMILES string of the molecule is CCOc1cc([C@@H](N)CF)ccc1O.Cl. The monoisotopic (exact) mass is 235 g/mol. The molecule has 0 saturated heterocycles. The number of aromatic hydroxyl groups is 1. The molecule has 86 valence electrons. The molecule has 1 aromatic carbocycles. The van der Waals surface area contributed by atoms with Gasteiger partial charge in [-0.3, -0.25) is 0 Å². The van der Waals surface area contributed by atoms with Crippen LogP contribution in [0.15, 0.2) is 18.2 Å². The Morgan fingerprint density at radius 3 is 2.73 bits per heavy atom. The lowest BCUT2D eigenvalue weighted by Crippen LogP contribution is -2.12. The molecule has 0 amide bonds. The number of hydrogen-bond acceptors (Lipinski definition) is 3. The minimum absolute atomic E-state index is 0. The summed E-state index contributed by atoms with van der Waals surface area (Å²) in [6.45, 7) is 1.62. The molecule has 0 radical (unpaired) electrons. The van der Waals surface area contributed by atoms with Gasteiger partial charge in [0.1, 0.15) is 6.67 Å². The summed E-state index contributed by atoms with van der Waals surface area (Å²) in [5.41, 5.74) is 6.12. The van der Waals surface area contributed by atoms with Gasteiger partial charge in [0, 0.05) is 0 Å². The average Bonchev–Trinajstić information content (AvgIpc) is 2.20. The van der Waals surface area contributed by atoms with Crippen molar-refractivity contribution < 1.29 is 14.2 Å². The molecule has 0 aliphatic carbocycles. The Morgan fingerprint density at radius 2 is 2.20 bits per heavy atom. The molecule has 0 aliphatic heterocycles. The molecule has 5 heteroatoms. The molecule has 0 spiro atoms. The predicted molar refractivity (Wildman–Crippen MR) is 59.4 cm³/mol. The third kappa shape index (κ3) is 3.57. The van der Waals surface area contributed by atoms with Crippen LogP contribution in [0.4, 0.5) is 4.39 Å². The van der Waals surface area contributed by atoms with Gasteiger partial charge in [0.05, 0.1) is 12.6 Å². The van der Waals surface area contributed by atoms with Crippen LogP contribution in [0.25, 0.3) is 0 Å². The standard InChI is InChI=1S/C10H14FNO2.ClH/c1-2-14-10-5-7(8(12)6-11)3-4-9(10)13;/h3-5,8,13H,2,6,12H2,1H3;1H/t8-;/m0./s1. The number of nitrogens with two attached hydrogens (primary N) is 1. The summed E-state index contributed by atoms with van der Waals surface area (Å²) in [6.07, 6.45) is 0. The number of phenolic OH excluding ortho intramolecular Hbond substituents is 1.